The Morgan fingerprint density at radius 1 is 1.21 bits per heavy atom. The monoisotopic (exact) mass is 274 g/mol. The standard InChI is InChI=1S/C16H19ClN2/c1-18-16(8-7-13-5-3-9-19-12-13)11-14-4-2-6-15(17)10-14/h2-6,9-10,12,16,18H,7-8,11H2,1H3. The summed E-state index contributed by atoms with van der Waals surface area (Å²) < 4.78 is 0. The summed E-state index contributed by atoms with van der Waals surface area (Å²) in [6, 6.07) is 12.6. The molecule has 0 bridgehead atoms. The summed E-state index contributed by atoms with van der Waals surface area (Å²) in [7, 11) is 2.01. The maximum Gasteiger partial charge on any atom is 0.0408 e. The average Bonchev–Trinajstić information content (AvgIpc) is 2.44. The first-order valence-electron chi connectivity index (χ1n) is 6.58. The van der Waals surface area contributed by atoms with E-state index in [1.54, 1.807) is 0 Å². The highest BCUT2D eigenvalue weighted by Crippen LogP contribution is 2.14. The number of benzene rings is 1. The molecule has 0 saturated carbocycles. The van der Waals surface area contributed by atoms with Crippen LogP contribution in [0.15, 0.2) is 48.8 Å². The van der Waals surface area contributed by atoms with E-state index in [1.165, 1.54) is 11.1 Å². The van der Waals surface area contributed by atoms with Gasteiger partial charge in [0.2, 0.25) is 0 Å². The Kier molecular flexibility index (Phi) is 5.37. The minimum atomic E-state index is 0.457. The van der Waals surface area contributed by atoms with Gasteiger partial charge in [0.1, 0.15) is 0 Å². The lowest BCUT2D eigenvalue weighted by molar-refractivity contribution is 0.520. The normalized spacial score (nSPS) is 12.3. The highest BCUT2D eigenvalue weighted by atomic mass is 35.5. The Bertz CT molecular complexity index is 499. The zero-order valence-corrected chi connectivity index (χ0v) is 11.9. The molecule has 0 spiro atoms. The number of hydrogen-bond donors (Lipinski definition) is 1. The fourth-order valence-corrected chi connectivity index (χ4v) is 2.40. The Labute approximate surface area is 119 Å². The molecule has 0 radical (unpaired) electrons. The van der Waals surface area contributed by atoms with Crippen LogP contribution in [0.5, 0.6) is 0 Å². The molecule has 2 aromatic rings. The molecule has 0 saturated heterocycles. The molecule has 0 aliphatic carbocycles. The third-order valence-corrected chi connectivity index (χ3v) is 3.52. The van der Waals surface area contributed by atoms with Crippen molar-refractivity contribution in [2.45, 2.75) is 25.3 Å². The number of pyridine rings is 1. The summed E-state index contributed by atoms with van der Waals surface area (Å²) in [5.41, 5.74) is 2.56. The number of likely N-dealkylation sites (N-methyl/N-ethyl adjacent to an activating group) is 1. The Morgan fingerprint density at radius 2 is 2.05 bits per heavy atom. The van der Waals surface area contributed by atoms with Crippen molar-refractivity contribution in [1.29, 1.82) is 0 Å². The Hall–Kier alpha value is -1.38. The van der Waals surface area contributed by atoms with Gasteiger partial charge in [0.25, 0.3) is 0 Å². The summed E-state index contributed by atoms with van der Waals surface area (Å²) in [5, 5.41) is 4.18. The van der Waals surface area contributed by atoms with Crippen LogP contribution >= 0.6 is 11.6 Å². The molecule has 0 aliphatic heterocycles. The smallest absolute Gasteiger partial charge is 0.0408 e. The molecule has 1 heterocycles. The molecule has 0 fully saturated rings. The highest BCUT2D eigenvalue weighted by Gasteiger charge is 2.08. The number of aryl methyl sites for hydroxylation is 1. The van der Waals surface area contributed by atoms with Crippen molar-refractivity contribution in [1.82, 2.24) is 10.3 Å². The van der Waals surface area contributed by atoms with Gasteiger partial charge >= 0.3 is 0 Å². The van der Waals surface area contributed by atoms with E-state index in [4.69, 9.17) is 11.6 Å². The number of nitrogens with one attached hydrogen (secondary N) is 1. The number of aromatic nitrogens is 1. The van der Waals surface area contributed by atoms with E-state index in [-0.39, 0.29) is 0 Å². The SMILES string of the molecule is CNC(CCc1cccnc1)Cc1cccc(Cl)c1. The van der Waals surface area contributed by atoms with Gasteiger partial charge in [0, 0.05) is 23.5 Å². The fraction of sp³-hybridized carbons (Fsp3) is 0.312. The van der Waals surface area contributed by atoms with Crippen molar-refractivity contribution in [2.24, 2.45) is 0 Å². The molecule has 19 heavy (non-hydrogen) atoms. The lowest BCUT2D eigenvalue weighted by Gasteiger charge is -2.16. The molecule has 1 aromatic heterocycles. The Balaban J connectivity index is 1.90. The lowest BCUT2D eigenvalue weighted by Crippen LogP contribution is -2.28. The Morgan fingerprint density at radius 3 is 2.74 bits per heavy atom. The molecule has 100 valence electrons. The molecule has 0 amide bonds. The fourth-order valence-electron chi connectivity index (χ4n) is 2.18. The van der Waals surface area contributed by atoms with Crippen molar-refractivity contribution in [3.8, 4) is 0 Å². The average molecular weight is 275 g/mol. The molecule has 1 atom stereocenters. The minimum Gasteiger partial charge on any atom is -0.317 e. The first-order valence-corrected chi connectivity index (χ1v) is 6.96. The van der Waals surface area contributed by atoms with Crippen LogP contribution < -0.4 is 5.32 Å². The number of hydrogen-bond acceptors (Lipinski definition) is 2. The quantitative estimate of drug-likeness (QED) is 0.872. The van der Waals surface area contributed by atoms with E-state index in [9.17, 15) is 0 Å². The molecular formula is C16H19ClN2. The molecule has 0 aliphatic rings. The predicted octanol–water partition coefficient (Wildman–Crippen LogP) is 3.50. The molecular weight excluding hydrogens is 256 g/mol. The van der Waals surface area contributed by atoms with E-state index < -0.39 is 0 Å². The molecule has 1 unspecified atom stereocenters. The van der Waals surface area contributed by atoms with Crippen LogP contribution in [0.4, 0.5) is 0 Å². The van der Waals surface area contributed by atoms with Crippen molar-refractivity contribution >= 4 is 11.6 Å². The second-order valence-electron chi connectivity index (χ2n) is 4.72. The van der Waals surface area contributed by atoms with E-state index in [1.807, 2.05) is 43.7 Å². The molecule has 2 rings (SSSR count). The van der Waals surface area contributed by atoms with Crippen LogP contribution in [0.2, 0.25) is 5.02 Å². The third-order valence-electron chi connectivity index (χ3n) is 3.28. The predicted molar refractivity (Wildman–Crippen MR) is 80.6 cm³/mol. The topological polar surface area (TPSA) is 24.9 Å². The second-order valence-corrected chi connectivity index (χ2v) is 5.16. The van der Waals surface area contributed by atoms with Crippen molar-refractivity contribution in [3.05, 3.63) is 64.9 Å². The van der Waals surface area contributed by atoms with Crippen LogP contribution in [-0.2, 0) is 12.8 Å². The van der Waals surface area contributed by atoms with Gasteiger partial charge in [0.05, 0.1) is 0 Å². The van der Waals surface area contributed by atoms with Crippen molar-refractivity contribution < 1.29 is 0 Å². The van der Waals surface area contributed by atoms with Gasteiger partial charge in [-0.15, -0.1) is 0 Å². The van der Waals surface area contributed by atoms with Gasteiger partial charge in [-0.2, -0.15) is 0 Å². The first kappa shape index (κ1) is 14.0. The summed E-state index contributed by atoms with van der Waals surface area (Å²) in [5.74, 6) is 0. The van der Waals surface area contributed by atoms with Gasteiger partial charge in [-0.3, -0.25) is 4.98 Å². The van der Waals surface area contributed by atoms with E-state index in [0.29, 0.717) is 6.04 Å². The van der Waals surface area contributed by atoms with Crippen molar-refractivity contribution in [3.63, 3.8) is 0 Å². The molecule has 1 aromatic carbocycles. The zero-order valence-electron chi connectivity index (χ0n) is 11.1. The number of nitrogens with zero attached hydrogens (tertiary/aromatic N) is 1. The van der Waals surface area contributed by atoms with Gasteiger partial charge in [-0.1, -0.05) is 29.8 Å². The third kappa shape index (κ3) is 4.66. The molecule has 1 N–H and O–H groups in total. The maximum absolute atomic E-state index is 6.02. The van der Waals surface area contributed by atoms with Crippen LogP contribution in [-0.4, -0.2) is 18.1 Å². The van der Waals surface area contributed by atoms with Crippen LogP contribution in [0.3, 0.4) is 0 Å². The van der Waals surface area contributed by atoms with Crippen LogP contribution in [0.25, 0.3) is 0 Å². The van der Waals surface area contributed by atoms with Crippen LogP contribution in [0.1, 0.15) is 17.5 Å². The van der Waals surface area contributed by atoms with E-state index in [0.717, 1.165) is 24.3 Å². The number of rotatable bonds is 6. The summed E-state index contributed by atoms with van der Waals surface area (Å²) in [6.07, 6.45) is 6.88. The van der Waals surface area contributed by atoms with Crippen LogP contribution in [0, 0.1) is 0 Å². The summed E-state index contributed by atoms with van der Waals surface area (Å²) in [4.78, 5) is 4.15. The number of halogens is 1. The highest BCUT2D eigenvalue weighted by molar-refractivity contribution is 6.30. The van der Waals surface area contributed by atoms with Crippen molar-refractivity contribution in [2.75, 3.05) is 7.05 Å². The van der Waals surface area contributed by atoms with Gasteiger partial charge in [0.15, 0.2) is 0 Å². The van der Waals surface area contributed by atoms with E-state index >= 15 is 0 Å². The molecule has 3 heteroatoms. The second kappa shape index (κ2) is 7.27. The lowest BCUT2D eigenvalue weighted by atomic mass is 10.00. The van der Waals surface area contributed by atoms with Gasteiger partial charge in [-0.25, -0.2) is 0 Å². The molecule has 2 nitrogen and oxygen atoms in total. The first-order chi connectivity index (χ1) is 9.28. The minimum absolute atomic E-state index is 0.457. The largest absolute Gasteiger partial charge is 0.317 e. The van der Waals surface area contributed by atoms with E-state index in [2.05, 4.69) is 22.4 Å². The maximum atomic E-state index is 6.02. The zero-order chi connectivity index (χ0) is 13.5. The van der Waals surface area contributed by atoms with Gasteiger partial charge in [-0.05, 0) is 55.6 Å². The summed E-state index contributed by atoms with van der Waals surface area (Å²) >= 11 is 6.02. The summed E-state index contributed by atoms with van der Waals surface area (Å²) in [6.45, 7) is 0. The van der Waals surface area contributed by atoms with Gasteiger partial charge < -0.3 is 5.32 Å².